The van der Waals surface area contributed by atoms with E-state index >= 15 is 0 Å². The largest absolute Gasteiger partial charge is 0.341 e. The number of carbonyl (C=O) groups excluding carboxylic acids is 2. The van der Waals surface area contributed by atoms with Crippen molar-refractivity contribution in [3.05, 3.63) is 0 Å². The van der Waals surface area contributed by atoms with Crippen molar-refractivity contribution in [3.8, 4) is 0 Å². The molecule has 0 aromatic heterocycles. The third kappa shape index (κ3) is 4.18. The summed E-state index contributed by atoms with van der Waals surface area (Å²) in [5.41, 5.74) is 0. The predicted molar refractivity (Wildman–Crippen MR) is 90.0 cm³/mol. The summed E-state index contributed by atoms with van der Waals surface area (Å²) in [6.07, 6.45) is 6.39. The normalized spacial score (nSPS) is 32.3. The molecule has 0 radical (unpaired) electrons. The smallest absolute Gasteiger partial charge is 0.317 e. The van der Waals surface area contributed by atoms with Crippen LogP contribution in [0.4, 0.5) is 4.79 Å². The molecule has 3 aliphatic rings. The van der Waals surface area contributed by atoms with Gasteiger partial charge in [-0.15, -0.1) is 0 Å². The van der Waals surface area contributed by atoms with Crippen LogP contribution in [0, 0.1) is 17.8 Å². The van der Waals surface area contributed by atoms with Crippen molar-refractivity contribution in [1.29, 1.82) is 0 Å². The molecular weight excluding hydrogens is 290 g/mol. The second kappa shape index (κ2) is 7.10. The standard InChI is InChI=1S/C18H31N3O2/c1-13-4-7-16(12-14(13)2)19-18(23)21-9-3-8-20(10-11-21)17(22)15-5-6-15/h13-16H,3-12H2,1-2H3,(H,19,23)/t13-,14-,16+/m1/s1. The second-order valence-corrected chi connectivity index (χ2v) is 7.85. The van der Waals surface area contributed by atoms with E-state index in [0.29, 0.717) is 31.0 Å². The molecule has 1 N–H and O–H groups in total. The van der Waals surface area contributed by atoms with E-state index in [0.717, 1.165) is 51.1 Å². The first-order valence-corrected chi connectivity index (χ1v) is 9.39. The Hall–Kier alpha value is -1.26. The van der Waals surface area contributed by atoms with Crippen LogP contribution in [-0.4, -0.2) is 54.0 Å². The monoisotopic (exact) mass is 321 g/mol. The average Bonchev–Trinajstić information content (AvgIpc) is 3.36. The van der Waals surface area contributed by atoms with Crippen molar-refractivity contribution in [2.75, 3.05) is 26.2 Å². The molecule has 23 heavy (non-hydrogen) atoms. The summed E-state index contributed by atoms with van der Waals surface area (Å²) in [7, 11) is 0. The first-order chi connectivity index (χ1) is 11.0. The maximum atomic E-state index is 12.5. The highest BCUT2D eigenvalue weighted by atomic mass is 16.2. The Labute approximate surface area is 139 Å². The molecule has 0 spiro atoms. The molecule has 3 atom stereocenters. The van der Waals surface area contributed by atoms with E-state index < -0.39 is 0 Å². The van der Waals surface area contributed by atoms with Gasteiger partial charge >= 0.3 is 6.03 Å². The number of carbonyl (C=O) groups is 2. The van der Waals surface area contributed by atoms with Crippen molar-refractivity contribution >= 4 is 11.9 Å². The van der Waals surface area contributed by atoms with Crippen LogP contribution in [0.5, 0.6) is 0 Å². The van der Waals surface area contributed by atoms with Crippen LogP contribution in [0.2, 0.25) is 0 Å². The average molecular weight is 321 g/mol. The molecule has 5 nitrogen and oxygen atoms in total. The number of amides is 3. The number of rotatable bonds is 2. The molecule has 2 aliphatic carbocycles. The summed E-state index contributed by atoms with van der Waals surface area (Å²) in [6.45, 7) is 7.53. The van der Waals surface area contributed by atoms with E-state index in [1.165, 1.54) is 6.42 Å². The molecule has 3 amide bonds. The molecule has 0 aromatic carbocycles. The summed E-state index contributed by atoms with van der Waals surface area (Å²) in [4.78, 5) is 28.6. The number of urea groups is 1. The van der Waals surface area contributed by atoms with Crippen LogP contribution >= 0.6 is 0 Å². The zero-order valence-corrected chi connectivity index (χ0v) is 14.6. The van der Waals surface area contributed by atoms with Gasteiger partial charge in [-0.1, -0.05) is 13.8 Å². The molecule has 1 saturated heterocycles. The maximum Gasteiger partial charge on any atom is 0.317 e. The molecule has 130 valence electrons. The fourth-order valence-electron chi connectivity index (χ4n) is 3.87. The Morgan fingerprint density at radius 2 is 1.57 bits per heavy atom. The third-order valence-corrected chi connectivity index (χ3v) is 5.95. The van der Waals surface area contributed by atoms with E-state index in [1.807, 2.05) is 9.80 Å². The summed E-state index contributed by atoms with van der Waals surface area (Å²) in [5.74, 6) is 2.04. The highest BCUT2D eigenvalue weighted by Gasteiger charge is 2.34. The fraction of sp³-hybridized carbons (Fsp3) is 0.889. The van der Waals surface area contributed by atoms with Gasteiger partial charge in [0.25, 0.3) is 0 Å². The molecule has 2 saturated carbocycles. The Balaban J connectivity index is 1.47. The molecule has 5 heteroatoms. The van der Waals surface area contributed by atoms with Crippen molar-refractivity contribution < 1.29 is 9.59 Å². The Morgan fingerprint density at radius 3 is 2.26 bits per heavy atom. The number of nitrogens with one attached hydrogen (secondary N) is 1. The van der Waals surface area contributed by atoms with E-state index in [9.17, 15) is 9.59 Å². The van der Waals surface area contributed by atoms with E-state index in [2.05, 4.69) is 19.2 Å². The lowest BCUT2D eigenvalue weighted by Crippen LogP contribution is -2.48. The van der Waals surface area contributed by atoms with Gasteiger partial charge in [0.05, 0.1) is 0 Å². The minimum absolute atomic E-state index is 0.0671. The van der Waals surface area contributed by atoms with Crippen LogP contribution in [-0.2, 0) is 4.79 Å². The second-order valence-electron chi connectivity index (χ2n) is 7.85. The minimum Gasteiger partial charge on any atom is -0.341 e. The molecule has 0 bridgehead atoms. The van der Waals surface area contributed by atoms with Gasteiger partial charge in [-0.3, -0.25) is 4.79 Å². The SMILES string of the molecule is C[C@@H]1CC[C@H](NC(=O)N2CCCN(C(=O)C3CC3)CC2)C[C@H]1C. The topological polar surface area (TPSA) is 52.7 Å². The lowest BCUT2D eigenvalue weighted by Gasteiger charge is -2.34. The first kappa shape index (κ1) is 16.6. The molecule has 3 fully saturated rings. The lowest BCUT2D eigenvalue weighted by molar-refractivity contribution is -0.132. The molecule has 1 heterocycles. The highest BCUT2D eigenvalue weighted by Crippen LogP contribution is 2.31. The van der Waals surface area contributed by atoms with Gasteiger partial charge in [-0.2, -0.15) is 0 Å². The van der Waals surface area contributed by atoms with Crippen LogP contribution in [0.15, 0.2) is 0 Å². The summed E-state index contributed by atoms with van der Waals surface area (Å²) in [5, 5.41) is 3.23. The van der Waals surface area contributed by atoms with Crippen LogP contribution in [0.1, 0.15) is 52.4 Å². The van der Waals surface area contributed by atoms with Crippen LogP contribution in [0.3, 0.4) is 0 Å². The summed E-state index contributed by atoms with van der Waals surface area (Å²) in [6, 6.07) is 0.388. The minimum atomic E-state index is 0.0671. The van der Waals surface area contributed by atoms with Crippen molar-refractivity contribution in [2.45, 2.75) is 58.4 Å². The van der Waals surface area contributed by atoms with Gasteiger partial charge < -0.3 is 15.1 Å². The van der Waals surface area contributed by atoms with Crippen molar-refractivity contribution in [1.82, 2.24) is 15.1 Å². The Kier molecular flexibility index (Phi) is 5.12. The van der Waals surface area contributed by atoms with E-state index in [1.54, 1.807) is 0 Å². The molecule has 3 rings (SSSR count). The van der Waals surface area contributed by atoms with Gasteiger partial charge in [0.2, 0.25) is 5.91 Å². The lowest BCUT2D eigenvalue weighted by atomic mass is 9.79. The molecule has 0 unspecified atom stereocenters. The van der Waals surface area contributed by atoms with Gasteiger partial charge in [0, 0.05) is 38.1 Å². The molecule has 1 aliphatic heterocycles. The zero-order chi connectivity index (χ0) is 16.4. The van der Waals surface area contributed by atoms with Gasteiger partial charge in [0.15, 0.2) is 0 Å². The molecule has 0 aromatic rings. The Morgan fingerprint density at radius 1 is 0.870 bits per heavy atom. The first-order valence-electron chi connectivity index (χ1n) is 9.39. The van der Waals surface area contributed by atoms with Gasteiger partial charge in [-0.05, 0) is 50.4 Å². The maximum absolute atomic E-state index is 12.5. The van der Waals surface area contributed by atoms with Gasteiger partial charge in [-0.25, -0.2) is 4.79 Å². The van der Waals surface area contributed by atoms with Crippen LogP contribution in [0.25, 0.3) is 0 Å². The number of hydrogen-bond acceptors (Lipinski definition) is 2. The predicted octanol–water partition coefficient (Wildman–Crippen LogP) is 2.47. The van der Waals surface area contributed by atoms with Gasteiger partial charge in [0.1, 0.15) is 0 Å². The highest BCUT2D eigenvalue weighted by molar-refractivity contribution is 5.81. The quantitative estimate of drug-likeness (QED) is 0.849. The third-order valence-electron chi connectivity index (χ3n) is 5.95. The number of nitrogens with zero attached hydrogens (tertiary/aromatic N) is 2. The van der Waals surface area contributed by atoms with E-state index in [-0.39, 0.29) is 11.9 Å². The van der Waals surface area contributed by atoms with Crippen molar-refractivity contribution in [2.24, 2.45) is 17.8 Å². The summed E-state index contributed by atoms with van der Waals surface area (Å²) >= 11 is 0. The zero-order valence-electron chi connectivity index (χ0n) is 14.6. The molecular formula is C18H31N3O2. The number of hydrogen-bond donors (Lipinski definition) is 1. The van der Waals surface area contributed by atoms with Crippen LogP contribution < -0.4 is 5.32 Å². The van der Waals surface area contributed by atoms with E-state index in [4.69, 9.17) is 0 Å². The van der Waals surface area contributed by atoms with Crippen molar-refractivity contribution in [3.63, 3.8) is 0 Å². The Bertz CT molecular complexity index is 450. The summed E-state index contributed by atoms with van der Waals surface area (Å²) < 4.78 is 0. The fourth-order valence-corrected chi connectivity index (χ4v) is 3.87.